The molecule has 0 N–H and O–H groups in total. The van der Waals surface area contributed by atoms with Gasteiger partial charge < -0.3 is 49.6 Å². The lowest BCUT2D eigenvalue weighted by Crippen LogP contribution is -3.00. The summed E-state index contributed by atoms with van der Waals surface area (Å²) in [6.45, 7) is 4.70. The van der Waals surface area contributed by atoms with E-state index in [9.17, 15) is 0 Å². The van der Waals surface area contributed by atoms with Crippen molar-refractivity contribution in [3.63, 3.8) is 0 Å². The fourth-order valence-corrected chi connectivity index (χ4v) is 7.79. The van der Waals surface area contributed by atoms with Crippen LogP contribution in [-0.2, 0) is 12.8 Å². The summed E-state index contributed by atoms with van der Waals surface area (Å²) in [6.07, 6.45) is 12.2. The molecule has 0 unspecified atom stereocenters. The van der Waals surface area contributed by atoms with Gasteiger partial charge >= 0.3 is 0 Å². The van der Waals surface area contributed by atoms with Crippen molar-refractivity contribution in [1.29, 1.82) is 0 Å². The lowest BCUT2D eigenvalue weighted by Gasteiger charge is -2.30. The van der Waals surface area contributed by atoms with Crippen molar-refractivity contribution in [2.24, 2.45) is 0 Å². The van der Waals surface area contributed by atoms with E-state index >= 15 is 0 Å². The molecule has 0 amide bonds. The van der Waals surface area contributed by atoms with Crippen LogP contribution in [0.3, 0.4) is 0 Å². The van der Waals surface area contributed by atoms with E-state index in [0.717, 1.165) is 30.8 Å². The third-order valence-corrected chi connectivity index (χ3v) is 11.7. The first-order chi connectivity index (χ1) is 23.7. The fraction of sp³-hybridized carbons (Fsp3) is 0.478. The van der Waals surface area contributed by atoms with Crippen LogP contribution in [0.5, 0.6) is 0 Å². The number of quaternary nitrogens is 4. The van der Waals surface area contributed by atoms with E-state index in [1.54, 1.807) is 0 Å². The molecule has 0 aromatic heterocycles. The largest absolute Gasteiger partial charge is 1.00 e. The third-order valence-electron chi connectivity index (χ3n) is 11.7. The molecule has 0 saturated carbocycles. The zero-order valence-electron chi connectivity index (χ0n) is 34.4. The lowest BCUT2D eigenvalue weighted by atomic mass is 10.0. The predicted octanol–water partition coefficient (Wildman–Crippen LogP) is -2.01. The molecule has 8 heteroatoms. The zero-order valence-corrected chi connectivity index (χ0v) is 37.5. The van der Waals surface area contributed by atoms with Gasteiger partial charge in [-0.1, -0.05) is 48.5 Å². The summed E-state index contributed by atoms with van der Waals surface area (Å²) in [5.74, 6) is 0. The van der Waals surface area contributed by atoms with Crippen molar-refractivity contribution in [3.05, 3.63) is 119 Å². The second-order valence-corrected chi connectivity index (χ2v) is 17.5. The minimum atomic E-state index is 0. The molecular formula is C46H68Cl4N4. The van der Waals surface area contributed by atoms with Gasteiger partial charge in [0.25, 0.3) is 0 Å². The van der Waals surface area contributed by atoms with Crippen molar-refractivity contribution in [2.45, 2.75) is 64.2 Å². The Bertz CT molecular complexity index is 1380. The number of halogens is 4. The number of hydrogen-bond acceptors (Lipinski definition) is 0. The third kappa shape index (κ3) is 14.1. The Kier molecular flexibility index (Phi) is 20.3. The van der Waals surface area contributed by atoms with Crippen LogP contribution >= 0.6 is 0 Å². The quantitative estimate of drug-likeness (QED) is 0.180. The molecule has 0 saturated heterocycles. The Morgan fingerprint density at radius 2 is 0.426 bits per heavy atom. The van der Waals surface area contributed by atoms with E-state index < -0.39 is 0 Å². The SMILES string of the molecule is C[N+]1(C)CCCCCC[N+](C)(C)c2ccc(cc2)Cc2ccc(cc2)[N+](C)(C)CCCCCC[N+](C)(C)c2ccc(cc2)Cc2ccc1cc2.[Cl-].[Cl-].[Cl-].[Cl-]. The maximum Gasteiger partial charge on any atom is 0.132 e. The minimum Gasteiger partial charge on any atom is -1.00 e. The Labute approximate surface area is 354 Å². The van der Waals surface area contributed by atoms with E-state index in [-0.39, 0.29) is 49.6 Å². The molecule has 54 heavy (non-hydrogen) atoms. The molecule has 7 aliphatic heterocycles. The van der Waals surface area contributed by atoms with Crippen molar-refractivity contribution < 1.29 is 49.6 Å². The van der Waals surface area contributed by atoms with E-state index in [1.807, 2.05) is 0 Å². The molecule has 8 bridgehead atoms. The van der Waals surface area contributed by atoms with Crippen LogP contribution in [0.2, 0.25) is 0 Å². The smallest absolute Gasteiger partial charge is 0.132 e. The van der Waals surface area contributed by atoms with Gasteiger partial charge in [-0.25, -0.2) is 0 Å². The summed E-state index contributed by atoms with van der Waals surface area (Å²) in [7, 11) is 18.9. The summed E-state index contributed by atoms with van der Waals surface area (Å²) in [4.78, 5) is 0. The summed E-state index contributed by atoms with van der Waals surface area (Å²) in [5, 5.41) is 0. The van der Waals surface area contributed by atoms with Crippen molar-refractivity contribution in [1.82, 2.24) is 17.9 Å². The van der Waals surface area contributed by atoms with Gasteiger partial charge in [0.2, 0.25) is 0 Å². The van der Waals surface area contributed by atoms with Crippen LogP contribution in [-0.4, -0.2) is 82.6 Å². The second-order valence-electron chi connectivity index (χ2n) is 17.5. The first kappa shape index (κ1) is 49.9. The summed E-state index contributed by atoms with van der Waals surface area (Å²) in [5.41, 5.74) is 11.2. The normalized spacial score (nSPS) is 18.8. The standard InChI is InChI=1S/C46H68N4.4ClH/c1-47(2)33-13-9-10-14-34-48(3,4)44-29-21-41(22-30-44)38-42-23-31-46(32-24-42)50(7,8)36-16-12-11-15-35-49(5,6)45-27-19-40(20-28-45)37-39-17-25-43(47)26-18-39;;;;/h17-32H,9-16,33-38H2,1-8H3;4*1H/q+4;;;;/p-4. The molecule has 4 aromatic carbocycles. The molecule has 0 spiro atoms. The van der Waals surface area contributed by atoms with Crippen molar-refractivity contribution in [2.75, 3.05) is 82.6 Å². The molecule has 0 radical (unpaired) electrons. The van der Waals surface area contributed by atoms with E-state index in [4.69, 9.17) is 0 Å². The molecule has 4 aromatic rings. The van der Waals surface area contributed by atoms with Gasteiger partial charge in [0.15, 0.2) is 0 Å². The van der Waals surface area contributed by atoms with Crippen LogP contribution in [0.1, 0.15) is 73.6 Å². The van der Waals surface area contributed by atoms with Crippen LogP contribution < -0.4 is 67.6 Å². The first-order valence-corrected chi connectivity index (χ1v) is 19.4. The second kappa shape index (κ2) is 22.0. The summed E-state index contributed by atoms with van der Waals surface area (Å²) < 4.78 is 3.77. The van der Waals surface area contributed by atoms with Crippen LogP contribution in [0.4, 0.5) is 22.7 Å². The highest BCUT2D eigenvalue weighted by molar-refractivity contribution is 5.48. The number of benzene rings is 4. The monoisotopic (exact) mass is 816 g/mol. The average molecular weight is 819 g/mol. The highest BCUT2D eigenvalue weighted by atomic mass is 35.5. The molecule has 0 aliphatic carbocycles. The van der Waals surface area contributed by atoms with E-state index in [2.05, 4.69) is 153 Å². The Balaban J connectivity index is 0.00000364. The van der Waals surface area contributed by atoms with Gasteiger partial charge in [0.1, 0.15) is 22.7 Å². The topological polar surface area (TPSA) is 0 Å². The molecule has 0 atom stereocenters. The van der Waals surface area contributed by atoms with Gasteiger partial charge in [0, 0.05) is 0 Å². The van der Waals surface area contributed by atoms with Crippen molar-refractivity contribution >= 4 is 22.7 Å². The molecule has 4 nitrogen and oxygen atoms in total. The van der Waals surface area contributed by atoms with Crippen LogP contribution in [0.25, 0.3) is 0 Å². The number of rotatable bonds is 0. The zero-order chi connectivity index (χ0) is 35.8. The van der Waals surface area contributed by atoms with Crippen molar-refractivity contribution in [3.8, 4) is 0 Å². The average Bonchev–Trinajstić information content (AvgIpc) is 3.08. The van der Waals surface area contributed by atoms with Gasteiger partial charge in [-0.3, -0.25) is 17.9 Å². The van der Waals surface area contributed by atoms with Crippen LogP contribution in [0, 0.1) is 0 Å². The molecule has 300 valence electrons. The fourth-order valence-electron chi connectivity index (χ4n) is 7.79. The highest BCUT2D eigenvalue weighted by Gasteiger charge is 2.22. The number of hydrogen-bond donors (Lipinski definition) is 0. The highest BCUT2D eigenvalue weighted by Crippen LogP contribution is 2.27. The van der Waals surface area contributed by atoms with E-state index in [1.165, 1.54) is 123 Å². The number of nitrogens with zero attached hydrogens (tertiary/aromatic N) is 4. The molecular weight excluding hydrogens is 750 g/mol. The molecule has 7 aliphatic rings. The van der Waals surface area contributed by atoms with Gasteiger partial charge in [-0.2, -0.15) is 0 Å². The van der Waals surface area contributed by atoms with Crippen LogP contribution in [0.15, 0.2) is 97.1 Å². The molecule has 7 heterocycles. The van der Waals surface area contributed by atoms with Gasteiger partial charge in [-0.05, 0) is 135 Å². The Hall–Kier alpha value is -2.12. The van der Waals surface area contributed by atoms with Gasteiger partial charge in [0.05, 0.1) is 82.6 Å². The first-order valence-electron chi connectivity index (χ1n) is 19.4. The minimum absolute atomic E-state index is 0. The lowest BCUT2D eigenvalue weighted by molar-refractivity contribution is -0.00100. The maximum atomic E-state index is 2.36. The Morgan fingerprint density at radius 1 is 0.259 bits per heavy atom. The Morgan fingerprint density at radius 3 is 0.593 bits per heavy atom. The maximum absolute atomic E-state index is 2.36. The summed E-state index contributed by atoms with van der Waals surface area (Å²) >= 11 is 0. The molecule has 0 fully saturated rings. The van der Waals surface area contributed by atoms with Gasteiger partial charge in [-0.15, -0.1) is 0 Å². The van der Waals surface area contributed by atoms with E-state index in [0.29, 0.717) is 0 Å². The predicted molar refractivity (Wildman–Crippen MR) is 222 cm³/mol. The molecule has 11 rings (SSSR count). The summed E-state index contributed by atoms with van der Waals surface area (Å²) in [6, 6.07) is 37.6.